The molecule has 2 rings (SSSR count). The van der Waals surface area contributed by atoms with Crippen LogP contribution in [0.25, 0.3) is 0 Å². The fourth-order valence-corrected chi connectivity index (χ4v) is 1.88. The molecule has 1 heterocycles. The molecule has 0 saturated carbocycles. The number of nitrogens with zero attached hydrogens (tertiary/aromatic N) is 2. The molecular formula is C13H12Cl2N2O. The van der Waals surface area contributed by atoms with Gasteiger partial charge in [-0.25, -0.2) is 9.97 Å². The number of rotatable bonds is 4. The number of ether oxygens (including phenoxy) is 1. The van der Waals surface area contributed by atoms with Crippen LogP contribution in [0.2, 0.25) is 5.02 Å². The number of benzene rings is 1. The highest BCUT2D eigenvalue weighted by Gasteiger charge is 2.05. The largest absolute Gasteiger partial charge is 0.459 e. The SMILES string of the molecule is Cc1nc(OCc2ccccc2Cl)ncc1CCl. The first kappa shape index (κ1) is 13.1. The fourth-order valence-electron chi connectivity index (χ4n) is 1.43. The maximum absolute atomic E-state index is 6.03. The third-order valence-corrected chi connectivity index (χ3v) is 3.17. The quantitative estimate of drug-likeness (QED) is 0.801. The van der Waals surface area contributed by atoms with Gasteiger partial charge in [-0.2, -0.15) is 0 Å². The average molecular weight is 283 g/mol. The standard InChI is InChI=1S/C13H12Cl2N2O/c1-9-11(6-14)7-16-13(17-9)18-8-10-4-2-3-5-12(10)15/h2-5,7H,6,8H2,1H3. The molecule has 0 saturated heterocycles. The normalized spacial score (nSPS) is 10.4. The summed E-state index contributed by atoms with van der Waals surface area (Å²) in [6.45, 7) is 2.22. The van der Waals surface area contributed by atoms with Crippen molar-refractivity contribution in [2.24, 2.45) is 0 Å². The van der Waals surface area contributed by atoms with Crippen molar-refractivity contribution < 1.29 is 4.74 Å². The van der Waals surface area contributed by atoms with Gasteiger partial charge in [-0.05, 0) is 13.0 Å². The van der Waals surface area contributed by atoms with Gasteiger partial charge in [0, 0.05) is 28.0 Å². The van der Waals surface area contributed by atoms with E-state index >= 15 is 0 Å². The van der Waals surface area contributed by atoms with Gasteiger partial charge in [0.15, 0.2) is 0 Å². The summed E-state index contributed by atoms with van der Waals surface area (Å²) in [6.07, 6.45) is 1.68. The van der Waals surface area contributed by atoms with Crippen molar-refractivity contribution in [1.82, 2.24) is 9.97 Å². The van der Waals surface area contributed by atoms with Crippen LogP contribution in [-0.4, -0.2) is 9.97 Å². The van der Waals surface area contributed by atoms with Gasteiger partial charge in [-0.1, -0.05) is 29.8 Å². The average Bonchev–Trinajstić information content (AvgIpc) is 2.38. The highest BCUT2D eigenvalue weighted by Crippen LogP contribution is 2.17. The van der Waals surface area contributed by atoms with Crippen molar-refractivity contribution in [3.63, 3.8) is 0 Å². The summed E-state index contributed by atoms with van der Waals surface area (Å²) in [5.41, 5.74) is 2.64. The maximum Gasteiger partial charge on any atom is 0.316 e. The molecule has 3 nitrogen and oxygen atoms in total. The van der Waals surface area contributed by atoms with Crippen LogP contribution in [0, 0.1) is 6.92 Å². The van der Waals surface area contributed by atoms with Crippen molar-refractivity contribution in [3.8, 4) is 6.01 Å². The van der Waals surface area contributed by atoms with Gasteiger partial charge in [-0.15, -0.1) is 11.6 Å². The zero-order valence-electron chi connectivity index (χ0n) is 9.86. The molecule has 94 valence electrons. The molecule has 0 aliphatic rings. The Labute approximate surface area is 116 Å². The Morgan fingerprint density at radius 3 is 2.67 bits per heavy atom. The van der Waals surface area contributed by atoms with Crippen molar-refractivity contribution >= 4 is 23.2 Å². The molecule has 0 spiro atoms. The van der Waals surface area contributed by atoms with Crippen molar-refractivity contribution in [1.29, 1.82) is 0 Å². The van der Waals surface area contributed by atoms with E-state index in [9.17, 15) is 0 Å². The molecule has 1 aromatic carbocycles. The number of hydrogen-bond donors (Lipinski definition) is 0. The summed E-state index contributed by atoms with van der Waals surface area (Å²) in [5, 5.41) is 0.673. The van der Waals surface area contributed by atoms with E-state index in [1.807, 2.05) is 31.2 Å². The van der Waals surface area contributed by atoms with Gasteiger partial charge >= 0.3 is 6.01 Å². The molecule has 0 fully saturated rings. The second kappa shape index (κ2) is 6.03. The van der Waals surface area contributed by atoms with E-state index in [0.29, 0.717) is 23.5 Å². The predicted octanol–water partition coefficient (Wildman–Crippen LogP) is 3.76. The van der Waals surface area contributed by atoms with E-state index in [1.165, 1.54) is 0 Å². The van der Waals surface area contributed by atoms with E-state index in [2.05, 4.69) is 9.97 Å². The highest BCUT2D eigenvalue weighted by atomic mass is 35.5. The van der Waals surface area contributed by atoms with E-state index in [4.69, 9.17) is 27.9 Å². The van der Waals surface area contributed by atoms with Crippen LogP contribution in [-0.2, 0) is 12.5 Å². The Kier molecular flexibility index (Phi) is 4.39. The van der Waals surface area contributed by atoms with E-state index in [-0.39, 0.29) is 0 Å². The molecule has 0 aliphatic carbocycles. The summed E-state index contributed by atoms with van der Waals surface area (Å²) in [4.78, 5) is 8.32. The Bertz CT molecular complexity index is 546. The minimum absolute atomic E-state index is 0.335. The molecule has 2 aromatic rings. The molecule has 0 amide bonds. The van der Waals surface area contributed by atoms with Crippen LogP contribution in [0.15, 0.2) is 30.5 Å². The Hall–Kier alpha value is -1.32. The first-order valence-electron chi connectivity index (χ1n) is 5.45. The summed E-state index contributed by atoms with van der Waals surface area (Å²) in [6, 6.07) is 7.85. The molecule has 0 radical (unpaired) electrons. The van der Waals surface area contributed by atoms with Crippen molar-refractivity contribution in [2.75, 3.05) is 0 Å². The van der Waals surface area contributed by atoms with Gasteiger partial charge in [0.2, 0.25) is 0 Å². The van der Waals surface area contributed by atoms with Crippen LogP contribution in [0.5, 0.6) is 6.01 Å². The lowest BCUT2D eigenvalue weighted by Gasteiger charge is -2.07. The topological polar surface area (TPSA) is 35.0 Å². The van der Waals surface area contributed by atoms with E-state index < -0.39 is 0 Å². The second-order valence-electron chi connectivity index (χ2n) is 3.78. The minimum Gasteiger partial charge on any atom is -0.459 e. The third kappa shape index (κ3) is 3.12. The molecule has 0 aliphatic heterocycles. The van der Waals surface area contributed by atoms with Crippen LogP contribution < -0.4 is 4.74 Å². The molecule has 5 heteroatoms. The molecule has 18 heavy (non-hydrogen) atoms. The zero-order valence-corrected chi connectivity index (χ0v) is 11.4. The molecule has 0 unspecified atom stereocenters. The summed E-state index contributed by atoms with van der Waals surface area (Å²) in [5.74, 6) is 0.399. The van der Waals surface area contributed by atoms with Gasteiger partial charge in [0.1, 0.15) is 6.61 Å². The number of aromatic nitrogens is 2. The van der Waals surface area contributed by atoms with Crippen LogP contribution in [0.3, 0.4) is 0 Å². The molecule has 0 N–H and O–H groups in total. The van der Waals surface area contributed by atoms with Crippen molar-refractivity contribution in [2.45, 2.75) is 19.4 Å². The van der Waals surface area contributed by atoms with E-state index in [0.717, 1.165) is 16.8 Å². The first-order chi connectivity index (χ1) is 8.70. The van der Waals surface area contributed by atoms with Crippen LogP contribution in [0.1, 0.15) is 16.8 Å². The van der Waals surface area contributed by atoms with Crippen LogP contribution in [0.4, 0.5) is 0 Å². The smallest absolute Gasteiger partial charge is 0.316 e. The number of alkyl halides is 1. The predicted molar refractivity (Wildman–Crippen MR) is 72.1 cm³/mol. The van der Waals surface area contributed by atoms with Gasteiger partial charge in [-0.3, -0.25) is 0 Å². The summed E-state index contributed by atoms with van der Waals surface area (Å²) < 4.78 is 5.50. The van der Waals surface area contributed by atoms with E-state index in [1.54, 1.807) is 6.20 Å². The second-order valence-corrected chi connectivity index (χ2v) is 4.45. The number of hydrogen-bond acceptors (Lipinski definition) is 3. The molecule has 0 atom stereocenters. The molecular weight excluding hydrogens is 271 g/mol. The fraction of sp³-hybridized carbons (Fsp3) is 0.231. The van der Waals surface area contributed by atoms with Crippen molar-refractivity contribution in [3.05, 3.63) is 52.3 Å². The summed E-state index contributed by atoms with van der Waals surface area (Å²) >= 11 is 11.8. The monoisotopic (exact) mass is 282 g/mol. The maximum atomic E-state index is 6.03. The van der Waals surface area contributed by atoms with Gasteiger partial charge < -0.3 is 4.74 Å². The lowest BCUT2D eigenvalue weighted by molar-refractivity contribution is 0.280. The lowest BCUT2D eigenvalue weighted by Crippen LogP contribution is -2.02. The Morgan fingerprint density at radius 1 is 1.22 bits per heavy atom. The van der Waals surface area contributed by atoms with Crippen LogP contribution >= 0.6 is 23.2 Å². The first-order valence-corrected chi connectivity index (χ1v) is 6.36. The summed E-state index contributed by atoms with van der Waals surface area (Å²) in [7, 11) is 0. The van der Waals surface area contributed by atoms with Gasteiger partial charge in [0.25, 0.3) is 0 Å². The minimum atomic E-state index is 0.335. The number of aryl methyl sites for hydroxylation is 1. The Balaban J connectivity index is 2.07. The molecule has 1 aromatic heterocycles. The Morgan fingerprint density at radius 2 is 2.00 bits per heavy atom. The lowest BCUT2D eigenvalue weighted by atomic mass is 10.2. The zero-order chi connectivity index (χ0) is 13.0. The highest BCUT2D eigenvalue weighted by molar-refractivity contribution is 6.31. The third-order valence-electron chi connectivity index (χ3n) is 2.52. The van der Waals surface area contributed by atoms with Gasteiger partial charge in [0.05, 0.1) is 5.88 Å². The molecule has 0 bridgehead atoms. The number of halogens is 2.